The van der Waals surface area contributed by atoms with Crippen LogP contribution in [0.2, 0.25) is 0 Å². The zero-order chi connectivity index (χ0) is 14.7. The molecule has 1 nitrogen and oxygen atoms in total. The molecule has 0 saturated heterocycles. The second-order valence-corrected chi connectivity index (χ2v) is 6.04. The summed E-state index contributed by atoms with van der Waals surface area (Å²) in [6.45, 7) is 11.2. The first kappa shape index (κ1) is 14.9. The molecule has 0 atom stereocenters. The van der Waals surface area contributed by atoms with Crippen LogP contribution in [0.3, 0.4) is 0 Å². The number of anilines is 2. The first-order valence-corrected chi connectivity index (χ1v) is 7.54. The highest BCUT2D eigenvalue weighted by Gasteiger charge is 2.13. The van der Waals surface area contributed by atoms with Gasteiger partial charge in [-0.25, -0.2) is 0 Å². The number of halogens is 1. The van der Waals surface area contributed by atoms with E-state index in [0.717, 1.165) is 11.0 Å². The minimum absolute atomic E-state index is 0.793. The van der Waals surface area contributed by atoms with E-state index in [4.69, 9.17) is 0 Å². The van der Waals surface area contributed by atoms with Crippen LogP contribution in [0.15, 0.2) is 53.5 Å². The molecule has 104 valence electrons. The molecule has 2 aromatic carbocycles. The van der Waals surface area contributed by atoms with Gasteiger partial charge in [-0.05, 0) is 50.1 Å². The SMILES string of the molecule is C=CCN(c1cccc(Br)c1)c1c(C)cc(C)cc1C. The van der Waals surface area contributed by atoms with Crippen LogP contribution in [-0.4, -0.2) is 6.54 Å². The minimum atomic E-state index is 0.793. The molecule has 0 aliphatic heterocycles. The van der Waals surface area contributed by atoms with Crippen molar-refractivity contribution in [1.29, 1.82) is 0 Å². The average Bonchev–Trinajstić information content (AvgIpc) is 2.36. The molecule has 2 aromatic rings. The zero-order valence-electron chi connectivity index (χ0n) is 12.3. The smallest absolute Gasteiger partial charge is 0.0473 e. The van der Waals surface area contributed by atoms with Crippen molar-refractivity contribution in [1.82, 2.24) is 0 Å². The maximum absolute atomic E-state index is 3.90. The summed E-state index contributed by atoms with van der Waals surface area (Å²) in [7, 11) is 0. The summed E-state index contributed by atoms with van der Waals surface area (Å²) in [6, 6.07) is 12.8. The molecule has 0 aliphatic carbocycles. The van der Waals surface area contributed by atoms with Crippen LogP contribution in [-0.2, 0) is 0 Å². The van der Waals surface area contributed by atoms with E-state index in [2.05, 4.69) is 78.5 Å². The summed E-state index contributed by atoms with van der Waals surface area (Å²) in [4.78, 5) is 2.31. The first-order chi connectivity index (χ1) is 9.52. The van der Waals surface area contributed by atoms with Crippen molar-refractivity contribution in [2.75, 3.05) is 11.4 Å². The Morgan fingerprint density at radius 1 is 1.10 bits per heavy atom. The highest BCUT2D eigenvalue weighted by atomic mass is 79.9. The summed E-state index contributed by atoms with van der Waals surface area (Å²) in [5.41, 5.74) is 6.34. The van der Waals surface area contributed by atoms with Gasteiger partial charge in [-0.3, -0.25) is 0 Å². The van der Waals surface area contributed by atoms with Gasteiger partial charge < -0.3 is 4.90 Å². The lowest BCUT2D eigenvalue weighted by Gasteiger charge is -2.27. The molecule has 0 heterocycles. The van der Waals surface area contributed by atoms with Crippen LogP contribution in [0.1, 0.15) is 16.7 Å². The van der Waals surface area contributed by atoms with Gasteiger partial charge in [-0.2, -0.15) is 0 Å². The zero-order valence-corrected chi connectivity index (χ0v) is 13.9. The van der Waals surface area contributed by atoms with Gasteiger partial charge in [0.1, 0.15) is 0 Å². The second kappa shape index (κ2) is 6.27. The Hall–Kier alpha value is -1.54. The van der Waals surface area contributed by atoms with Crippen LogP contribution in [0.25, 0.3) is 0 Å². The van der Waals surface area contributed by atoms with Crippen molar-refractivity contribution in [2.45, 2.75) is 20.8 Å². The molecule has 0 bridgehead atoms. The van der Waals surface area contributed by atoms with E-state index < -0.39 is 0 Å². The molecule has 0 amide bonds. The van der Waals surface area contributed by atoms with Crippen molar-refractivity contribution in [3.05, 3.63) is 70.2 Å². The molecule has 0 aromatic heterocycles. The lowest BCUT2D eigenvalue weighted by Crippen LogP contribution is -2.19. The molecule has 0 spiro atoms. The maximum atomic E-state index is 3.90. The van der Waals surface area contributed by atoms with E-state index >= 15 is 0 Å². The fraction of sp³-hybridized carbons (Fsp3) is 0.222. The van der Waals surface area contributed by atoms with Crippen molar-refractivity contribution < 1.29 is 0 Å². The third kappa shape index (κ3) is 3.13. The van der Waals surface area contributed by atoms with E-state index in [9.17, 15) is 0 Å². The number of hydrogen-bond acceptors (Lipinski definition) is 1. The summed E-state index contributed by atoms with van der Waals surface area (Å²) in [6.07, 6.45) is 1.94. The van der Waals surface area contributed by atoms with Crippen LogP contribution in [0, 0.1) is 20.8 Å². The predicted octanol–water partition coefficient (Wildman–Crippen LogP) is 5.70. The molecule has 20 heavy (non-hydrogen) atoms. The topological polar surface area (TPSA) is 3.24 Å². The first-order valence-electron chi connectivity index (χ1n) is 6.74. The molecule has 0 fully saturated rings. The molecule has 0 saturated carbocycles. The Morgan fingerprint density at radius 3 is 2.30 bits per heavy atom. The average molecular weight is 330 g/mol. The van der Waals surface area contributed by atoms with Crippen LogP contribution in [0.5, 0.6) is 0 Å². The summed E-state index contributed by atoms with van der Waals surface area (Å²) >= 11 is 3.55. The normalized spacial score (nSPS) is 10.4. The number of aryl methyl sites for hydroxylation is 3. The molecular weight excluding hydrogens is 310 g/mol. The highest BCUT2D eigenvalue weighted by molar-refractivity contribution is 9.10. The van der Waals surface area contributed by atoms with Crippen LogP contribution in [0.4, 0.5) is 11.4 Å². The van der Waals surface area contributed by atoms with Crippen LogP contribution >= 0.6 is 15.9 Å². The molecule has 2 rings (SSSR count). The van der Waals surface area contributed by atoms with E-state index in [0.29, 0.717) is 0 Å². The summed E-state index contributed by atoms with van der Waals surface area (Å²) < 4.78 is 1.09. The Morgan fingerprint density at radius 2 is 1.75 bits per heavy atom. The lowest BCUT2D eigenvalue weighted by molar-refractivity contribution is 1.07. The molecule has 0 aliphatic rings. The van der Waals surface area contributed by atoms with Gasteiger partial charge in [0.2, 0.25) is 0 Å². The van der Waals surface area contributed by atoms with E-state index in [1.807, 2.05) is 12.1 Å². The predicted molar refractivity (Wildman–Crippen MR) is 92.0 cm³/mol. The largest absolute Gasteiger partial charge is 0.337 e. The van der Waals surface area contributed by atoms with Gasteiger partial charge in [0.25, 0.3) is 0 Å². The van der Waals surface area contributed by atoms with E-state index in [1.54, 1.807) is 0 Å². The maximum Gasteiger partial charge on any atom is 0.0473 e. The third-order valence-electron chi connectivity index (χ3n) is 3.34. The Balaban J connectivity index is 2.57. The van der Waals surface area contributed by atoms with Gasteiger partial charge in [0, 0.05) is 22.4 Å². The fourth-order valence-corrected chi connectivity index (χ4v) is 3.08. The van der Waals surface area contributed by atoms with Crippen LogP contribution < -0.4 is 4.90 Å². The molecule has 0 N–H and O–H groups in total. The van der Waals surface area contributed by atoms with E-state index in [-0.39, 0.29) is 0 Å². The molecule has 0 unspecified atom stereocenters. The van der Waals surface area contributed by atoms with Gasteiger partial charge in [-0.15, -0.1) is 6.58 Å². The highest BCUT2D eigenvalue weighted by Crippen LogP contribution is 2.33. The van der Waals surface area contributed by atoms with Crippen molar-refractivity contribution >= 4 is 27.3 Å². The van der Waals surface area contributed by atoms with Gasteiger partial charge >= 0.3 is 0 Å². The fourth-order valence-electron chi connectivity index (χ4n) is 2.70. The molecule has 0 radical (unpaired) electrons. The Kier molecular flexibility index (Phi) is 4.66. The van der Waals surface area contributed by atoms with Gasteiger partial charge in [0.05, 0.1) is 0 Å². The van der Waals surface area contributed by atoms with Crippen molar-refractivity contribution in [3.63, 3.8) is 0 Å². The quantitative estimate of drug-likeness (QED) is 0.650. The summed E-state index contributed by atoms with van der Waals surface area (Å²) in [5, 5.41) is 0. The Labute approximate surface area is 130 Å². The monoisotopic (exact) mass is 329 g/mol. The van der Waals surface area contributed by atoms with E-state index in [1.165, 1.54) is 28.1 Å². The molecular formula is C18H20BrN. The lowest BCUT2D eigenvalue weighted by atomic mass is 10.0. The Bertz CT molecular complexity index is 608. The standard InChI is InChI=1S/C18H20BrN/c1-5-9-20(17-8-6-7-16(19)12-17)18-14(3)10-13(2)11-15(18)4/h5-8,10-12H,1,9H2,2-4H3. The number of benzene rings is 2. The number of nitrogens with zero attached hydrogens (tertiary/aromatic N) is 1. The second-order valence-electron chi connectivity index (χ2n) is 5.13. The third-order valence-corrected chi connectivity index (χ3v) is 3.83. The van der Waals surface area contributed by atoms with Crippen molar-refractivity contribution in [3.8, 4) is 0 Å². The number of rotatable bonds is 4. The molecule has 2 heteroatoms. The van der Waals surface area contributed by atoms with Crippen molar-refractivity contribution in [2.24, 2.45) is 0 Å². The minimum Gasteiger partial charge on any atom is -0.337 e. The van der Waals surface area contributed by atoms with Gasteiger partial charge in [0.15, 0.2) is 0 Å². The van der Waals surface area contributed by atoms with Gasteiger partial charge in [-0.1, -0.05) is 45.8 Å². The number of hydrogen-bond donors (Lipinski definition) is 0. The summed E-state index contributed by atoms with van der Waals surface area (Å²) in [5.74, 6) is 0.